The minimum Gasteiger partial charge on any atom is -0.411 e. The third-order valence-electron chi connectivity index (χ3n) is 6.21. The van der Waals surface area contributed by atoms with E-state index in [2.05, 4.69) is 20.8 Å². The molecule has 0 atom stereocenters. The van der Waals surface area contributed by atoms with Gasteiger partial charge in [-0.05, 0) is 25.3 Å². The molecule has 1 aromatic carbocycles. The Morgan fingerprint density at radius 1 is 1.23 bits per heavy atom. The van der Waals surface area contributed by atoms with Gasteiger partial charge in [0.05, 0.1) is 31.1 Å². The molecular weight excluding hydrogens is 468 g/mol. The Morgan fingerprint density at radius 2 is 1.94 bits per heavy atom. The van der Waals surface area contributed by atoms with E-state index in [9.17, 15) is 14.4 Å². The van der Waals surface area contributed by atoms with E-state index in [-0.39, 0.29) is 42.0 Å². The maximum Gasteiger partial charge on any atom is 0.289 e. The molecule has 0 aromatic heterocycles. The summed E-state index contributed by atoms with van der Waals surface area (Å²) in [7, 11) is 0. The lowest BCUT2D eigenvalue weighted by atomic mass is 9.92. The average molecular weight is 501 g/mol. The lowest BCUT2D eigenvalue weighted by Crippen LogP contribution is -2.64. The Kier molecular flexibility index (Phi) is 9.41. The quantitative estimate of drug-likeness (QED) is 0.206. The van der Waals surface area contributed by atoms with Crippen LogP contribution in [-0.2, 0) is 20.1 Å². The van der Waals surface area contributed by atoms with Crippen LogP contribution in [0.4, 0.5) is 0 Å². The molecule has 0 saturated heterocycles. The normalized spacial score (nSPS) is 17.6. The lowest BCUT2D eigenvalue weighted by Gasteiger charge is -2.41. The SMILES string of the molecule is CC(=N)/C(CNC1=NCCN(C2(C(=O)NCC(=O)CSCc3ccccc3)CCCC2)C1=O)=N\O. The van der Waals surface area contributed by atoms with E-state index in [1.807, 2.05) is 30.3 Å². The number of Topliss-reactive ketones (excluding diaryl/α,β-unsaturated/α-hetero) is 1. The van der Waals surface area contributed by atoms with Gasteiger partial charge in [-0.2, -0.15) is 0 Å². The number of amidine groups is 1. The van der Waals surface area contributed by atoms with Gasteiger partial charge in [0.2, 0.25) is 5.91 Å². The number of carbonyl (C=O) groups is 3. The third kappa shape index (κ3) is 6.68. The summed E-state index contributed by atoms with van der Waals surface area (Å²) >= 11 is 1.51. The molecule has 4 N–H and O–H groups in total. The van der Waals surface area contributed by atoms with E-state index in [1.54, 1.807) is 4.90 Å². The molecule has 35 heavy (non-hydrogen) atoms. The first-order valence-corrected chi connectivity index (χ1v) is 12.8. The highest BCUT2D eigenvalue weighted by Gasteiger charge is 2.49. The van der Waals surface area contributed by atoms with Gasteiger partial charge in [-0.3, -0.25) is 19.4 Å². The second-order valence-electron chi connectivity index (χ2n) is 8.65. The van der Waals surface area contributed by atoms with Gasteiger partial charge in [0.25, 0.3) is 5.91 Å². The van der Waals surface area contributed by atoms with Gasteiger partial charge >= 0.3 is 0 Å². The van der Waals surface area contributed by atoms with Crippen LogP contribution >= 0.6 is 11.8 Å². The molecule has 0 unspecified atom stereocenters. The Morgan fingerprint density at radius 3 is 2.60 bits per heavy atom. The van der Waals surface area contributed by atoms with Crippen LogP contribution < -0.4 is 10.6 Å². The van der Waals surface area contributed by atoms with Crippen molar-refractivity contribution in [2.75, 3.05) is 31.9 Å². The second-order valence-corrected chi connectivity index (χ2v) is 9.64. The van der Waals surface area contributed by atoms with Crippen molar-refractivity contribution in [3.63, 3.8) is 0 Å². The van der Waals surface area contributed by atoms with Crippen LogP contribution in [-0.4, -0.2) is 82.4 Å². The largest absolute Gasteiger partial charge is 0.411 e. The molecule has 2 amide bonds. The highest BCUT2D eigenvalue weighted by molar-refractivity contribution is 7.99. The number of benzene rings is 1. The fourth-order valence-corrected chi connectivity index (χ4v) is 5.20. The van der Waals surface area contributed by atoms with Crippen molar-refractivity contribution in [2.45, 2.75) is 43.9 Å². The summed E-state index contributed by atoms with van der Waals surface area (Å²) in [4.78, 5) is 44.7. The molecule has 11 heteroatoms. The molecular formula is C24H32N6O4S. The highest BCUT2D eigenvalue weighted by Crippen LogP contribution is 2.36. The molecule has 0 spiro atoms. The second kappa shape index (κ2) is 12.5. The number of nitrogens with zero attached hydrogens (tertiary/aromatic N) is 3. The van der Waals surface area contributed by atoms with Crippen molar-refractivity contribution in [3.05, 3.63) is 35.9 Å². The van der Waals surface area contributed by atoms with E-state index < -0.39 is 11.4 Å². The van der Waals surface area contributed by atoms with Crippen molar-refractivity contribution in [1.82, 2.24) is 15.5 Å². The minimum atomic E-state index is -1.01. The molecule has 1 fully saturated rings. The van der Waals surface area contributed by atoms with Crippen molar-refractivity contribution in [2.24, 2.45) is 10.1 Å². The van der Waals surface area contributed by atoms with Crippen LogP contribution in [0.3, 0.4) is 0 Å². The fraction of sp³-hybridized carbons (Fsp3) is 0.500. The number of thioether (sulfide) groups is 1. The number of hydrogen-bond donors (Lipinski definition) is 4. The number of amides is 2. The van der Waals surface area contributed by atoms with E-state index in [0.29, 0.717) is 31.7 Å². The third-order valence-corrected chi connectivity index (χ3v) is 7.27. The molecule has 1 aliphatic carbocycles. The Labute approximate surface area is 209 Å². The van der Waals surface area contributed by atoms with Crippen LogP contribution in [0.1, 0.15) is 38.2 Å². The van der Waals surface area contributed by atoms with Crippen LogP contribution in [0.15, 0.2) is 40.5 Å². The predicted molar refractivity (Wildman–Crippen MR) is 136 cm³/mol. The Hall–Kier alpha value is -3.21. The molecule has 188 valence electrons. The van der Waals surface area contributed by atoms with E-state index in [4.69, 9.17) is 10.6 Å². The zero-order valence-corrected chi connectivity index (χ0v) is 20.7. The summed E-state index contributed by atoms with van der Waals surface area (Å²) in [6.07, 6.45) is 2.67. The minimum absolute atomic E-state index is 0.0292. The van der Waals surface area contributed by atoms with Gasteiger partial charge < -0.3 is 26.2 Å². The van der Waals surface area contributed by atoms with Gasteiger partial charge in [-0.1, -0.05) is 48.3 Å². The maximum absolute atomic E-state index is 13.3. The number of nitrogens with one attached hydrogen (secondary N) is 3. The summed E-state index contributed by atoms with van der Waals surface area (Å²) < 4.78 is 0. The predicted octanol–water partition coefficient (Wildman–Crippen LogP) is 1.62. The van der Waals surface area contributed by atoms with Crippen LogP contribution in [0.5, 0.6) is 0 Å². The summed E-state index contributed by atoms with van der Waals surface area (Å²) in [6.45, 7) is 2.01. The summed E-state index contributed by atoms with van der Waals surface area (Å²) in [5.41, 5.74) is 0.290. The van der Waals surface area contributed by atoms with Crippen molar-refractivity contribution in [3.8, 4) is 0 Å². The number of oxime groups is 1. The first kappa shape index (κ1) is 26.4. The zero-order chi connectivity index (χ0) is 25.3. The first-order valence-electron chi connectivity index (χ1n) is 11.7. The first-order chi connectivity index (χ1) is 16.9. The number of aliphatic imine (C=N–C) groups is 1. The van der Waals surface area contributed by atoms with Crippen LogP contribution in [0.2, 0.25) is 0 Å². The monoisotopic (exact) mass is 500 g/mol. The molecule has 1 saturated carbocycles. The number of hydrogen-bond acceptors (Lipinski definition) is 9. The Balaban J connectivity index is 1.57. The van der Waals surface area contributed by atoms with E-state index in [1.165, 1.54) is 18.7 Å². The Bertz CT molecular complexity index is 1000. The summed E-state index contributed by atoms with van der Waals surface area (Å²) in [6, 6.07) is 9.88. The van der Waals surface area contributed by atoms with Gasteiger partial charge in [-0.15, -0.1) is 11.8 Å². The zero-order valence-electron chi connectivity index (χ0n) is 19.9. The van der Waals surface area contributed by atoms with Gasteiger partial charge in [0, 0.05) is 12.3 Å². The van der Waals surface area contributed by atoms with E-state index >= 15 is 0 Å². The van der Waals surface area contributed by atoms with Crippen LogP contribution in [0.25, 0.3) is 0 Å². The molecule has 1 aliphatic heterocycles. The number of carbonyl (C=O) groups excluding carboxylic acids is 3. The molecule has 0 radical (unpaired) electrons. The molecule has 2 aliphatic rings. The van der Waals surface area contributed by atoms with Crippen molar-refractivity contribution in [1.29, 1.82) is 5.41 Å². The van der Waals surface area contributed by atoms with Crippen molar-refractivity contribution >= 4 is 46.6 Å². The van der Waals surface area contributed by atoms with Gasteiger partial charge in [0.15, 0.2) is 11.6 Å². The standard InChI is InChI=1S/C24H32N6O4S/c1-17(25)20(29-34)14-27-21-22(32)30(12-11-26-21)24(9-5-6-10-24)23(33)28-13-19(31)16-35-15-18-7-3-2-4-8-18/h2-4,7-8,25,34H,5-6,9-16H2,1H3,(H,26,27)(H,28,33)/b25-17?,29-20-. The average Bonchev–Trinajstić information content (AvgIpc) is 3.35. The van der Waals surface area contributed by atoms with Crippen molar-refractivity contribution < 1.29 is 19.6 Å². The van der Waals surface area contributed by atoms with Gasteiger partial charge in [-0.25, -0.2) is 0 Å². The molecule has 10 nitrogen and oxygen atoms in total. The molecule has 0 bridgehead atoms. The molecule has 1 aromatic rings. The maximum atomic E-state index is 13.3. The smallest absolute Gasteiger partial charge is 0.289 e. The lowest BCUT2D eigenvalue weighted by molar-refractivity contribution is -0.144. The fourth-order valence-electron chi connectivity index (χ4n) is 4.34. The number of rotatable bonds is 11. The van der Waals surface area contributed by atoms with Crippen LogP contribution in [0, 0.1) is 5.41 Å². The highest BCUT2D eigenvalue weighted by atomic mass is 32.2. The topological polar surface area (TPSA) is 147 Å². The summed E-state index contributed by atoms with van der Waals surface area (Å²) in [5, 5.41) is 25.3. The van der Waals surface area contributed by atoms with E-state index in [0.717, 1.165) is 24.2 Å². The molecule has 1 heterocycles. The summed E-state index contributed by atoms with van der Waals surface area (Å²) in [5.74, 6) is 0.316. The molecule has 3 rings (SSSR count). The van der Waals surface area contributed by atoms with Gasteiger partial charge in [0.1, 0.15) is 11.3 Å². The number of ketones is 1.